The maximum atomic E-state index is 14.6. The molecule has 0 aromatic carbocycles. The molecule has 4 rings (SSSR count). The minimum Gasteiger partial charge on any atom is -0.289 e. The van der Waals surface area contributed by atoms with Crippen molar-refractivity contribution in [1.29, 1.82) is 0 Å². The van der Waals surface area contributed by atoms with Gasteiger partial charge in [-0.15, -0.1) is 0 Å². The first-order chi connectivity index (χ1) is 11.6. The smallest absolute Gasteiger partial charge is 0.220 e. The summed E-state index contributed by atoms with van der Waals surface area (Å²) >= 11 is 5.96. The van der Waals surface area contributed by atoms with Crippen LogP contribution < -0.4 is 5.01 Å². The molecule has 2 aromatic rings. The number of nitrogens with zero attached hydrogens (tertiary/aromatic N) is 5. The number of hydrogen-bond donors (Lipinski definition) is 0. The second kappa shape index (κ2) is 6.16. The highest BCUT2D eigenvalue weighted by Crippen LogP contribution is 2.35. The molecule has 4 heterocycles. The Balaban J connectivity index is 2.05. The first kappa shape index (κ1) is 16.1. The molecule has 2 aliphatic rings. The van der Waals surface area contributed by atoms with Gasteiger partial charge in [-0.3, -0.25) is 9.22 Å². The minimum absolute atomic E-state index is 0.117. The van der Waals surface area contributed by atoms with Crippen molar-refractivity contribution < 1.29 is 8.60 Å². The van der Waals surface area contributed by atoms with Gasteiger partial charge in [-0.1, -0.05) is 18.0 Å². The lowest BCUT2D eigenvalue weighted by Crippen LogP contribution is -2.43. The molecule has 2 aliphatic heterocycles. The van der Waals surface area contributed by atoms with E-state index in [2.05, 4.69) is 25.0 Å². The summed E-state index contributed by atoms with van der Waals surface area (Å²) in [5.74, 6) is -0.0725. The fraction of sp³-hybridized carbons (Fsp3) is 0.533. The molecular weight excluding hydrogens is 353 g/mol. The van der Waals surface area contributed by atoms with Crippen LogP contribution in [0.2, 0.25) is 5.15 Å². The largest absolute Gasteiger partial charge is 0.289 e. The van der Waals surface area contributed by atoms with Crippen molar-refractivity contribution >= 4 is 39.1 Å². The van der Waals surface area contributed by atoms with Crippen LogP contribution in [0.1, 0.15) is 25.0 Å². The van der Waals surface area contributed by atoms with Crippen molar-refractivity contribution in [3.63, 3.8) is 0 Å². The molecule has 24 heavy (non-hydrogen) atoms. The van der Waals surface area contributed by atoms with Gasteiger partial charge in [0.25, 0.3) is 0 Å². The van der Waals surface area contributed by atoms with Crippen LogP contribution in [0.5, 0.6) is 0 Å². The molecule has 0 saturated carbocycles. The van der Waals surface area contributed by atoms with E-state index >= 15 is 0 Å². The van der Waals surface area contributed by atoms with Gasteiger partial charge in [0.2, 0.25) is 5.16 Å². The Morgan fingerprint density at radius 2 is 1.92 bits per heavy atom. The zero-order chi connectivity index (χ0) is 16.8. The molecule has 1 fully saturated rings. The minimum atomic E-state index is -1.41. The highest BCUT2D eigenvalue weighted by atomic mass is 35.5. The molecule has 0 amide bonds. The third kappa shape index (κ3) is 2.57. The molecule has 1 saturated heterocycles. The van der Waals surface area contributed by atoms with Gasteiger partial charge in [0.05, 0.1) is 21.9 Å². The average Bonchev–Trinajstić information content (AvgIpc) is 2.87. The number of anilines is 1. The first-order valence-electron chi connectivity index (χ1n) is 7.97. The summed E-state index contributed by atoms with van der Waals surface area (Å²) in [6.07, 6.45) is 5.43. The van der Waals surface area contributed by atoms with E-state index in [-0.39, 0.29) is 15.8 Å². The van der Waals surface area contributed by atoms with E-state index in [0.717, 1.165) is 38.9 Å². The van der Waals surface area contributed by atoms with E-state index in [9.17, 15) is 8.60 Å². The zero-order valence-corrected chi connectivity index (χ0v) is 14.8. The van der Waals surface area contributed by atoms with Gasteiger partial charge in [-0.05, 0) is 12.8 Å². The number of hydrogen-bond acceptors (Lipinski definition) is 6. The number of rotatable bonds is 1. The lowest BCUT2D eigenvalue weighted by molar-refractivity contribution is 0.265. The normalized spacial score (nSPS) is 19.7. The quantitative estimate of drug-likeness (QED) is 0.568. The van der Waals surface area contributed by atoms with Crippen molar-refractivity contribution in [1.82, 2.24) is 20.0 Å². The van der Waals surface area contributed by atoms with Crippen LogP contribution in [0.25, 0.3) is 10.9 Å². The molecule has 1 unspecified atom stereocenters. The molecule has 128 valence electrons. The Kier molecular flexibility index (Phi) is 4.14. The summed E-state index contributed by atoms with van der Waals surface area (Å²) in [7, 11) is -1.41. The van der Waals surface area contributed by atoms with Gasteiger partial charge in [0.15, 0.2) is 16.8 Å². The maximum Gasteiger partial charge on any atom is 0.220 e. The number of pyridine rings is 1. The SMILES string of the molecule is CS(=O)c1nc2c3c(nc(Cl)c(F)c3n1)CCN1CCCCCN21. The Morgan fingerprint density at radius 1 is 1.12 bits per heavy atom. The van der Waals surface area contributed by atoms with Crippen molar-refractivity contribution in [2.24, 2.45) is 0 Å². The van der Waals surface area contributed by atoms with Crippen LogP contribution in [0.4, 0.5) is 10.2 Å². The lowest BCUT2D eigenvalue weighted by Gasteiger charge is -2.33. The maximum absolute atomic E-state index is 14.6. The summed E-state index contributed by atoms with van der Waals surface area (Å²) in [6.45, 7) is 2.48. The van der Waals surface area contributed by atoms with Crippen molar-refractivity contribution in [3.8, 4) is 0 Å². The van der Waals surface area contributed by atoms with Crippen LogP contribution >= 0.6 is 11.6 Å². The summed E-state index contributed by atoms with van der Waals surface area (Å²) in [6, 6.07) is 0. The van der Waals surface area contributed by atoms with E-state index in [4.69, 9.17) is 11.6 Å². The predicted molar refractivity (Wildman–Crippen MR) is 91.1 cm³/mol. The predicted octanol–water partition coefficient (Wildman–Crippen LogP) is 2.32. The molecule has 0 aliphatic carbocycles. The highest BCUT2D eigenvalue weighted by molar-refractivity contribution is 7.84. The summed E-state index contributed by atoms with van der Waals surface area (Å²) in [5, 5.41) is 4.83. The first-order valence-corrected chi connectivity index (χ1v) is 9.91. The Hall–Kier alpha value is -1.38. The van der Waals surface area contributed by atoms with Gasteiger partial charge < -0.3 is 0 Å². The number of aromatic nitrogens is 3. The molecule has 0 N–H and O–H groups in total. The van der Waals surface area contributed by atoms with Gasteiger partial charge >= 0.3 is 0 Å². The average molecular weight is 370 g/mol. The Bertz CT molecular complexity index is 848. The summed E-state index contributed by atoms with van der Waals surface area (Å²) in [5.41, 5.74) is 0.819. The summed E-state index contributed by atoms with van der Waals surface area (Å²) in [4.78, 5) is 12.9. The molecule has 1 atom stereocenters. The second-order valence-electron chi connectivity index (χ2n) is 6.06. The van der Waals surface area contributed by atoms with E-state index in [1.165, 1.54) is 6.26 Å². The number of halogens is 2. The highest BCUT2D eigenvalue weighted by Gasteiger charge is 2.30. The van der Waals surface area contributed by atoms with Crippen LogP contribution in [0.3, 0.4) is 0 Å². The fourth-order valence-corrected chi connectivity index (χ4v) is 4.00. The topological polar surface area (TPSA) is 62.2 Å². The van der Waals surface area contributed by atoms with Crippen LogP contribution in [0.15, 0.2) is 5.16 Å². The van der Waals surface area contributed by atoms with E-state index in [0.29, 0.717) is 23.3 Å². The molecule has 0 radical (unpaired) electrons. The van der Waals surface area contributed by atoms with Crippen molar-refractivity contribution in [2.75, 3.05) is 30.9 Å². The van der Waals surface area contributed by atoms with Gasteiger partial charge in [-0.2, -0.15) is 0 Å². The Morgan fingerprint density at radius 3 is 2.71 bits per heavy atom. The summed E-state index contributed by atoms with van der Waals surface area (Å²) < 4.78 is 26.5. The van der Waals surface area contributed by atoms with Crippen molar-refractivity contribution in [3.05, 3.63) is 16.7 Å². The van der Waals surface area contributed by atoms with Gasteiger partial charge in [0.1, 0.15) is 5.52 Å². The number of fused-ring (bicyclic) bond motifs is 2. The van der Waals surface area contributed by atoms with Gasteiger partial charge in [-0.25, -0.2) is 24.4 Å². The van der Waals surface area contributed by atoms with E-state index in [1.54, 1.807) is 0 Å². The third-order valence-corrected chi connectivity index (χ3v) is 5.46. The van der Waals surface area contributed by atoms with Crippen LogP contribution in [-0.4, -0.2) is 50.1 Å². The van der Waals surface area contributed by atoms with Gasteiger partial charge in [0, 0.05) is 32.3 Å². The fourth-order valence-electron chi connectivity index (χ4n) is 3.37. The van der Waals surface area contributed by atoms with Crippen LogP contribution in [0, 0.1) is 5.82 Å². The zero-order valence-electron chi connectivity index (χ0n) is 13.3. The molecule has 0 bridgehead atoms. The molecule has 0 spiro atoms. The monoisotopic (exact) mass is 369 g/mol. The van der Waals surface area contributed by atoms with Crippen LogP contribution in [-0.2, 0) is 17.2 Å². The van der Waals surface area contributed by atoms with Crippen molar-refractivity contribution in [2.45, 2.75) is 30.8 Å². The third-order valence-electron chi connectivity index (χ3n) is 4.52. The lowest BCUT2D eigenvalue weighted by atomic mass is 10.1. The number of hydrazine groups is 1. The second-order valence-corrected chi connectivity index (χ2v) is 7.69. The van der Waals surface area contributed by atoms with E-state index in [1.807, 2.05) is 0 Å². The molecule has 9 heteroatoms. The Labute approximate surface area is 146 Å². The van der Waals surface area contributed by atoms with E-state index < -0.39 is 16.6 Å². The molecule has 6 nitrogen and oxygen atoms in total. The standard InChI is InChI=1S/C15H17ClFN5OS/c1-24(23)15-19-12-10-9(18-13(16)11(12)17)5-8-21-6-3-2-4-7-22(21)14(10)20-15/h2-8H2,1H3. The molecule has 2 aromatic heterocycles. The molecular formula is C15H17ClFN5OS.